The van der Waals surface area contributed by atoms with Crippen LogP contribution in [-0.4, -0.2) is 44.8 Å². The normalized spacial score (nSPS) is 22.6. The van der Waals surface area contributed by atoms with E-state index in [1.165, 1.54) is 5.56 Å². The summed E-state index contributed by atoms with van der Waals surface area (Å²) < 4.78 is 11.1. The minimum Gasteiger partial charge on any atom is -0.469 e. The molecule has 0 bridgehead atoms. The molecule has 2 rings (SSSR count). The maximum atomic E-state index is 5.69. The first-order valence-electron chi connectivity index (χ1n) is 8.01. The van der Waals surface area contributed by atoms with Gasteiger partial charge in [0.2, 0.25) is 0 Å². The Hall–Kier alpha value is -0.840. The molecular weight excluding hydrogens is 264 g/mol. The van der Waals surface area contributed by atoms with Gasteiger partial charge in [0, 0.05) is 37.2 Å². The fourth-order valence-corrected chi connectivity index (χ4v) is 3.09. The van der Waals surface area contributed by atoms with Crippen LogP contribution in [0.15, 0.2) is 16.7 Å². The molecule has 4 heteroatoms. The summed E-state index contributed by atoms with van der Waals surface area (Å²) in [7, 11) is 2.19. The molecule has 120 valence electrons. The van der Waals surface area contributed by atoms with E-state index in [0.29, 0.717) is 5.92 Å². The van der Waals surface area contributed by atoms with Gasteiger partial charge < -0.3 is 19.4 Å². The SMILES string of the molecule is Cc1occc1CN(C)CC1(CNCC(C)C)CCOC1. The van der Waals surface area contributed by atoms with Crippen LogP contribution in [-0.2, 0) is 11.3 Å². The van der Waals surface area contributed by atoms with E-state index in [1.807, 2.05) is 6.92 Å². The molecule has 1 unspecified atom stereocenters. The van der Waals surface area contributed by atoms with E-state index in [1.54, 1.807) is 6.26 Å². The van der Waals surface area contributed by atoms with Gasteiger partial charge in [-0.25, -0.2) is 0 Å². The molecule has 1 aromatic rings. The number of hydrogen-bond acceptors (Lipinski definition) is 4. The van der Waals surface area contributed by atoms with Crippen molar-refractivity contribution in [2.75, 3.05) is 39.9 Å². The zero-order valence-corrected chi connectivity index (χ0v) is 13.9. The third kappa shape index (κ3) is 4.83. The Bertz CT molecular complexity index is 422. The van der Waals surface area contributed by atoms with Gasteiger partial charge >= 0.3 is 0 Å². The lowest BCUT2D eigenvalue weighted by Crippen LogP contribution is -2.44. The summed E-state index contributed by atoms with van der Waals surface area (Å²) in [4.78, 5) is 2.39. The minimum atomic E-state index is 0.251. The summed E-state index contributed by atoms with van der Waals surface area (Å²) in [5, 5.41) is 3.62. The zero-order chi connectivity index (χ0) is 15.3. The molecule has 1 N–H and O–H groups in total. The molecule has 1 aromatic heterocycles. The van der Waals surface area contributed by atoms with E-state index in [4.69, 9.17) is 9.15 Å². The van der Waals surface area contributed by atoms with Crippen molar-refractivity contribution < 1.29 is 9.15 Å². The second-order valence-electron chi connectivity index (χ2n) is 7.00. The van der Waals surface area contributed by atoms with Crippen LogP contribution in [0, 0.1) is 18.3 Å². The van der Waals surface area contributed by atoms with Gasteiger partial charge in [-0.1, -0.05) is 13.8 Å². The Morgan fingerprint density at radius 2 is 2.24 bits per heavy atom. The van der Waals surface area contributed by atoms with E-state index >= 15 is 0 Å². The molecule has 0 radical (unpaired) electrons. The average Bonchev–Trinajstić information content (AvgIpc) is 3.00. The number of hydrogen-bond donors (Lipinski definition) is 1. The highest BCUT2D eigenvalue weighted by Crippen LogP contribution is 2.29. The van der Waals surface area contributed by atoms with Crippen LogP contribution in [0.3, 0.4) is 0 Å². The van der Waals surface area contributed by atoms with Crippen molar-refractivity contribution in [3.63, 3.8) is 0 Å². The molecule has 1 aliphatic rings. The molecule has 1 aliphatic heterocycles. The molecule has 0 amide bonds. The first-order valence-corrected chi connectivity index (χ1v) is 8.01. The molecule has 1 saturated heterocycles. The molecule has 0 aromatic carbocycles. The van der Waals surface area contributed by atoms with Crippen LogP contribution in [0.25, 0.3) is 0 Å². The number of rotatable bonds is 8. The number of ether oxygens (including phenoxy) is 1. The van der Waals surface area contributed by atoms with Gasteiger partial charge in [0.25, 0.3) is 0 Å². The Kier molecular flexibility index (Phi) is 5.85. The van der Waals surface area contributed by atoms with E-state index in [0.717, 1.165) is 51.6 Å². The van der Waals surface area contributed by atoms with Gasteiger partial charge in [-0.05, 0) is 38.9 Å². The average molecular weight is 294 g/mol. The Morgan fingerprint density at radius 3 is 2.81 bits per heavy atom. The maximum absolute atomic E-state index is 5.69. The summed E-state index contributed by atoms with van der Waals surface area (Å²) in [5.74, 6) is 1.71. The molecule has 21 heavy (non-hydrogen) atoms. The van der Waals surface area contributed by atoms with E-state index < -0.39 is 0 Å². The van der Waals surface area contributed by atoms with Gasteiger partial charge in [-0.3, -0.25) is 0 Å². The van der Waals surface area contributed by atoms with E-state index in [-0.39, 0.29) is 5.41 Å². The highest BCUT2D eigenvalue weighted by atomic mass is 16.5. The number of nitrogens with zero attached hydrogens (tertiary/aromatic N) is 1. The monoisotopic (exact) mass is 294 g/mol. The molecule has 0 saturated carbocycles. The summed E-state index contributed by atoms with van der Waals surface area (Å²) in [5.41, 5.74) is 1.53. The molecule has 0 spiro atoms. The van der Waals surface area contributed by atoms with Gasteiger partial charge in [0.15, 0.2) is 0 Å². The van der Waals surface area contributed by atoms with Crippen molar-refractivity contribution in [3.8, 4) is 0 Å². The number of nitrogens with one attached hydrogen (secondary N) is 1. The third-order valence-corrected chi connectivity index (χ3v) is 4.25. The van der Waals surface area contributed by atoms with Crippen LogP contribution in [0.1, 0.15) is 31.6 Å². The molecule has 1 atom stereocenters. The van der Waals surface area contributed by atoms with Crippen LogP contribution < -0.4 is 5.32 Å². The Morgan fingerprint density at radius 1 is 1.43 bits per heavy atom. The fraction of sp³-hybridized carbons (Fsp3) is 0.765. The van der Waals surface area contributed by atoms with Crippen molar-refractivity contribution in [1.29, 1.82) is 0 Å². The third-order valence-electron chi connectivity index (χ3n) is 4.25. The first-order chi connectivity index (χ1) is 10.0. The van der Waals surface area contributed by atoms with Gasteiger partial charge in [0.1, 0.15) is 5.76 Å². The maximum Gasteiger partial charge on any atom is 0.105 e. The molecular formula is C17H30N2O2. The van der Waals surface area contributed by atoms with E-state index in [9.17, 15) is 0 Å². The molecule has 4 nitrogen and oxygen atoms in total. The zero-order valence-electron chi connectivity index (χ0n) is 13.9. The minimum absolute atomic E-state index is 0.251. The standard InChI is InChI=1S/C17H30N2O2/c1-14(2)9-18-11-17(6-8-20-13-17)12-19(4)10-16-5-7-21-15(16)3/h5,7,14,18H,6,8-13H2,1-4H3. The van der Waals surface area contributed by atoms with Crippen LogP contribution in [0.4, 0.5) is 0 Å². The Labute approximate surface area is 128 Å². The fourth-order valence-electron chi connectivity index (χ4n) is 3.09. The predicted molar refractivity (Wildman–Crippen MR) is 85.4 cm³/mol. The van der Waals surface area contributed by atoms with Crippen molar-refractivity contribution >= 4 is 0 Å². The lowest BCUT2D eigenvalue weighted by Gasteiger charge is -2.33. The molecule has 0 aliphatic carbocycles. The van der Waals surface area contributed by atoms with Crippen molar-refractivity contribution in [2.45, 2.75) is 33.7 Å². The summed E-state index contributed by atoms with van der Waals surface area (Å²) >= 11 is 0. The Balaban J connectivity index is 1.88. The van der Waals surface area contributed by atoms with Crippen molar-refractivity contribution in [2.24, 2.45) is 11.3 Å². The molecule has 1 fully saturated rings. The number of aryl methyl sites for hydroxylation is 1. The van der Waals surface area contributed by atoms with Gasteiger partial charge in [-0.15, -0.1) is 0 Å². The van der Waals surface area contributed by atoms with Gasteiger partial charge in [0.05, 0.1) is 12.9 Å². The van der Waals surface area contributed by atoms with Crippen molar-refractivity contribution in [3.05, 3.63) is 23.7 Å². The quantitative estimate of drug-likeness (QED) is 0.800. The van der Waals surface area contributed by atoms with Crippen LogP contribution in [0.2, 0.25) is 0 Å². The van der Waals surface area contributed by atoms with Crippen LogP contribution >= 0.6 is 0 Å². The number of furan rings is 1. The highest BCUT2D eigenvalue weighted by molar-refractivity contribution is 5.15. The second kappa shape index (κ2) is 7.43. The summed E-state index contributed by atoms with van der Waals surface area (Å²) in [6.07, 6.45) is 2.92. The second-order valence-corrected chi connectivity index (χ2v) is 7.00. The molecule has 2 heterocycles. The summed E-state index contributed by atoms with van der Waals surface area (Å²) in [6.45, 7) is 12.4. The smallest absolute Gasteiger partial charge is 0.105 e. The highest BCUT2D eigenvalue weighted by Gasteiger charge is 2.35. The first kappa shape index (κ1) is 16.5. The van der Waals surface area contributed by atoms with Crippen LogP contribution in [0.5, 0.6) is 0 Å². The van der Waals surface area contributed by atoms with Crippen molar-refractivity contribution in [1.82, 2.24) is 10.2 Å². The lowest BCUT2D eigenvalue weighted by molar-refractivity contribution is 0.116. The topological polar surface area (TPSA) is 37.6 Å². The summed E-state index contributed by atoms with van der Waals surface area (Å²) in [6, 6.07) is 2.07. The lowest BCUT2D eigenvalue weighted by atomic mass is 9.86. The van der Waals surface area contributed by atoms with E-state index in [2.05, 4.69) is 37.2 Å². The predicted octanol–water partition coefficient (Wildman–Crippen LogP) is 2.67. The largest absolute Gasteiger partial charge is 0.469 e. The van der Waals surface area contributed by atoms with Gasteiger partial charge in [-0.2, -0.15) is 0 Å².